The lowest BCUT2D eigenvalue weighted by atomic mass is 10.0. The average Bonchev–Trinajstić information content (AvgIpc) is 3.44. The maximum atomic E-state index is 12.9. The van der Waals surface area contributed by atoms with Crippen molar-refractivity contribution in [2.24, 2.45) is 0 Å². The van der Waals surface area contributed by atoms with Gasteiger partial charge in [-0.1, -0.05) is 293 Å². The summed E-state index contributed by atoms with van der Waals surface area (Å²) in [4.78, 5) is 37.5. The van der Waals surface area contributed by atoms with Crippen LogP contribution in [0.1, 0.15) is 322 Å². The maximum Gasteiger partial charge on any atom is 0.306 e. The fourth-order valence-electron chi connectivity index (χ4n) is 10.00. The van der Waals surface area contributed by atoms with Crippen molar-refractivity contribution in [2.75, 3.05) is 47.5 Å². The van der Waals surface area contributed by atoms with Gasteiger partial charge in [0.25, 0.3) is 0 Å². The molecule has 0 spiro atoms. The number of carbonyl (C=O) groups is 3. The van der Waals surface area contributed by atoms with E-state index in [0.29, 0.717) is 23.9 Å². The molecule has 472 valence electrons. The van der Waals surface area contributed by atoms with E-state index in [0.717, 1.165) is 57.8 Å². The number of carboxylic acids is 1. The van der Waals surface area contributed by atoms with E-state index >= 15 is 0 Å². The third-order valence-corrected chi connectivity index (χ3v) is 15.2. The normalized spacial score (nSPS) is 13.0. The highest BCUT2D eigenvalue weighted by molar-refractivity contribution is 5.70. The summed E-state index contributed by atoms with van der Waals surface area (Å²) >= 11 is 0. The Morgan fingerprint density at radius 3 is 1.06 bits per heavy atom. The number of nitrogens with zero attached hydrogens (tertiary/aromatic N) is 1. The number of quaternary nitrogens is 1. The van der Waals surface area contributed by atoms with Crippen LogP contribution in [0.3, 0.4) is 0 Å². The van der Waals surface area contributed by atoms with Gasteiger partial charge in [-0.05, 0) is 77.0 Å². The van der Waals surface area contributed by atoms with Crippen LogP contribution in [0.2, 0.25) is 0 Å². The van der Waals surface area contributed by atoms with Crippen LogP contribution in [-0.2, 0) is 33.3 Å². The summed E-state index contributed by atoms with van der Waals surface area (Å²) in [6.45, 7) is 4.69. The molecule has 0 bridgehead atoms. The van der Waals surface area contributed by atoms with E-state index < -0.39 is 24.3 Å². The molecule has 0 radical (unpaired) electrons. The number of esters is 2. The predicted octanol–water partition coefficient (Wildman–Crippen LogP) is 19.8. The van der Waals surface area contributed by atoms with Crippen molar-refractivity contribution >= 4 is 17.9 Å². The molecule has 0 N–H and O–H groups in total. The zero-order chi connectivity index (χ0) is 59.1. The molecule has 0 amide bonds. The number of hydrogen-bond acceptors (Lipinski definition) is 8. The lowest BCUT2D eigenvalue weighted by Crippen LogP contribution is -2.44. The molecule has 9 heteroatoms. The Bertz CT molecular complexity index is 1510. The molecule has 0 fully saturated rings. The summed E-state index contributed by atoms with van der Waals surface area (Å²) in [5.74, 6) is -2.26. The van der Waals surface area contributed by atoms with Crippen molar-refractivity contribution in [1.29, 1.82) is 0 Å². The summed E-state index contributed by atoms with van der Waals surface area (Å²) < 4.78 is 22.8. The van der Waals surface area contributed by atoms with Gasteiger partial charge in [0.1, 0.15) is 13.2 Å². The highest BCUT2D eigenvalue weighted by Gasteiger charge is 2.22. The molecule has 0 rings (SSSR count). The van der Waals surface area contributed by atoms with Gasteiger partial charge in [0.2, 0.25) is 0 Å². The number of unbranched alkanes of at least 4 members (excludes halogenated alkanes) is 39. The fraction of sp³-hybridized carbons (Fsp3) is 0.819. The highest BCUT2D eigenvalue weighted by Crippen LogP contribution is 2.18. The predicted molar refractivity (Wildman–Crippen MR) is 343 cm³/mol. The van der Waals surface area contributed by atoms with Gasteiger partial charge in [0, 0.05) is 12.8 Å². The third-order valence-electron chi connectivity index (χ3n) is 15.2. The number of aliphatic carboxylic acids is 1. The van der Waals surface area contributed by atoms with Crippen molar-refractivity contribution in [3.63, 3.8) is 0 Å². The van der Waals surface area contributed by atoms with Gasteiger partial charge in [-0.2, -0.15) is 0 Å². The molecular formula is C72H131NO8. The number of allylic oxidation sites excluding steroid dienone is 10. The standard InChI is InChI=1S/C72H131NO8/c1-6-8-10-12-14-16-18-20-22-24-26-28-30-32-34-35-37-39-41-43-45-47-49-51-53-55-57-59-61-63-70(75)81-68(67-80-72(71(76)77)78-65-64-73(3,4)5)66-79-69(74)62-60-58-56-54-52-50-48-46-44-42-40-38-36-33-31-29-27-25-23-21-19-17-15-13-11-9-7-2/h8,10,14,16,20,22,25-28,68,72H,6-7,9,11-13,15,17-19,21,23-24,29-67H2,1-5H3/b10-8-,16-14-,22-20-,27-25-,28-26-. The Hall–Kier alpha value is -3.01. The van der Waals surface area contributed by atoms with Crippen molar-refractivity contribution in [3.8, 4) is 0 Å². The minimum Gasteiger partial charge on any atom is -0.545 e. The van der Waals surface area contributed by atoms with Gasteiger partial charge in [-0.15, -0.1) is 0 Å². The van der Waals surface area contributed by atoms with Crippen molar-refractivity contribution in [2.45, 2.75) is 334 Å². The number of likely N-dealkylation sites (N-methyl/N-ethyl adjacent to an activating group) is 1. The molecule has 0 aromatic carbocycles. The second-order valence-electron chi connectivity index (χ2n) is 24.4. The second kappa shape index (κ2) is 63.0. The van der Waals surface area contributed by atoms with Crippen LogP contribution in [0.15, 0.2) is 60.8 Å². The number of hydrogen-bond donors (Lipinski definition) is 0. The van der Waals surface area contributed by atoms with E-state index in [1.807, 2.05) is 21.1 Å². The summed E-state index contributed by atoms with van der Waals surface area (Å²) in [7, 11) is 5.94. The van der Waals surface area contributed by atoms with Gasteiger partial charge in [0.15, 0.2) is 12.4 Å². The molecule has 0 saturated heterocycles. The molecule has 2 unspecified atom stereocenters. The molecule has 0 aromatic rings. The Morgan fingerprint density at radius 1 is 0.383 bits per heavy atom. The van der Waals surface area contributed by atoms with Crippen molar-refractivity contribution in [3.05, 3.63) is 60.8 Å². The minimum atomic E-state index is -1.62. The first-order chi connectivity index (χ1) is 39.6. The van der Waals surface area contributed by atoms with Crippen LogP contribution in [-0.4, -0.2) is 82.3 Å². The molecular weight excluding hydrogens is 1010 g/mol. The number of carbonyl (C=O) groups excluding carboxylic acids is 3. The summed E-state index contributed by atoms with van der Waals surface area (Å²) in [6.07, 6.45) is 78.7. The largest absolute Gasteiger partial charge is 0.545 e. The zero-order valence-corrected chi connectivity index (χ0v) is 53.9. The van der Waals surface area contributed by atoms with Gasteiger partial charge >= 0.3 is 11.9 Å². The molecule has 0 aliphatic rings. The van der Waals surface area contributed by atoms with Gasteiger partial charge in [-0.3, -0.25) is 9.59 Å². The Labute approximate surface area is 501 Å². The van der Waals surface area contributed by atoms with E-state index in [1.54, 1.807) is 0 Å². The monoisotopic (exact) mass is 1140 g/mol. The van der Waals surface area contributed by atoms with E-state index in [9.17, 15) is 19.5 Å². The minimum absolute atomic E-state index is 0.148. The molecule has 0 saturated carbocycles. The zero-order valence-electron chi connectivity index (χ0n) is 53.9. The van der Waals surface area contributed by atoms with Crippen LogP contribution >= 0.6 is 0 Å². The Morgan fingerprint density at radius 2 is 0.704 bits per heavy atom. The van der Waals surface area contributed by atoms with Crippen LogP contribution in [0.4, 0.5) is 0 Å². The van der Waals surface area contributed by atoms with Crippen LogP contribution in [0, 0.1) is 0 Å². The van der Waals surface area contributed by atoms with E-state index in [1.165, 1.54) is 231 Å². The molecule has 0 heterocycles. The van der Waals surface area contributed by atoms with Crippen LogP contribution in [0.5, 0.6) is 0 Å². The first-order valence-corrected chi connectivity index (χ1v) is 34.4. The van der Waals surface area contributed by atoms with Crippen molar-refractivity contribution in [1.82, 2.24) is 0 Å². The summed E-state index contributed by atoms with van der Waals surface area (Å²) in [5.41, 5.74) is 0. The first-order valence-electron chi connectivity index (χ1n) is 34.4. The maximum absolute atomic E-state index is 12.9. The van der Waals surface area contributed by atoms with Gasteiger partial charge < -0.3 is 33.3 Å². The third kappa shape index (κ3) is 64.4. The van der Waals surface area contributed by atoms with Gasteiger partial charge in [-0.25, -0.2) is 0 Å². The topological polar surface area (TPSA) is 111 Å². The van der Waals surface area contributed by atoms with E-state index in [-0.39, 0.29) is 32.2 Å². The lowest BCUT2D eigenvalue weighted by Gasteiger charge is -2.26. The first kappa shape index (κ1) is 78.0. The SMILES string of the molecule is CC/C=C\C/C=C\C/C=C\C/C=C\CCCCCCCCCCCCCCCCCCC(=O)OC(COC(=O)CCCCCCCCCCCCCCCCC/C=C\CCCCCCCCCC)COC(OCC[N+](C)(C)C)C(=O)[O-]. The molecule has 9 nitrogen and oxygen atoms in total. The molecule has 2 atom stereocenters. The summed E-state index contributed by atoms with van der Waals surface area (Å²) in [6, 6.07) is 0. The molecule has 81 heavy (non-hydrogen) atoms. The van der Waals surface area contributed by atoms with Crippen LogP contribution < -0.4 is 5.11 Å². The highest BCUT2D eigenvalue weighted by atomic mass is 16.7. The second-order valence-corrected chi connectivity index (χ2v) is 24.4. The van der Waals surface area contributed by atoms with Crippen molar-refractivity contribution < 1.29 is 42.9 Å². The average molecular weight is 1140 g/mol. The molecule has 0 aliphatic carbocycles. The number of rotatable bonds is 64. The lowest BCUT2D eigenvalue weighted by molar-refractivity contribution is -0.870. The number of carboxylic acid groups (broad SMARTS) is 1. The number of ether oxygens (including phenoxy) is 4. The van der Waals surface area contributed by atoms with Crippen LogP contribution in [0.25, 0.3) is 0 Å². The van der Waals surface area contributed by atoms with E-state index in [4.69, 9.17) is 18.9 Å². The Kier molecular flexibility index (Phi) is 60.7. The van der Waals surface area contributed by atoms with Gasteiger partial charge in [0.05, 0.1) is 40.3 Å². The quantitative estimate of drug-likeness (QED) is 0.0195. The summed E-state index contributed by atoms with van der Waals surface area (Å²) in [5, 5.41) is 11.8. The Balaban J connectivity index is 4.10. The molecule has 0 aromatic heterocycles. The molecule has 0 aliphatic heterocycles. The van der Waals surface area contributed by atoms with E-state index in [2.05, 4.69) is 74.6 Å². The smallest absolute Gasteiger partial charge is 0.306 e. The fourth-order valence-corrected chi connectivity index (χ4v) is 10.00.